The van der Waals surface area contributed by atoms with Crippen molar-refractivity contribution in [3.63, 3.8) is 0 Å². The van der Waals surface area contributed by atoms with Crippen molar-refractivity contribution in [2.24, 2.45) is 0 Å². The molecule has 0 aliphatic heterocycles. The summed E-state index contributed by atoms with van der Waals surface area (Å²) in [5.41, 5.74) is 1.94. The Kier molecular flexibility index (Phi) is 5.46. The van der Waals surface area contributed by atoms with E-state index in [-0.39, 0.29) is 0 Å². The van der Waals surface area contributed by atoms with Gasteiger partial charge in [0.15, 0.2) is 0 Å². The summed E-state index contributed by atoms with van der Waals surface area (Å²) in [6.45, 7) is 2.15. The zero-order valence-corrected chi connectivity index (χ0v) is 10.1. The van der Waals surface area contributed by atoms with Gasteiger partial charge in [0.2, 0.25) is 0 Å². The highest BCUT2D eigenvalue weighted by molar-refractivity contribution is 7.99. The van der Waals surface area contributed by atoms with Crippen molar-refractivity contribution in [2.75, 3.05) is 5.75 Å². The third kappa shape index (κ3) is 3.96. The molecule has 0 heterocycles. The molecule has 1 unspecified atom stereocenters. The van der Waals surface area contributed by atoms with E-state index in [1.54, 1.807) is 0 Å². The minimum Gasteiger partial charge on any atom is -0.198 e. The van der Waals surface area contributed by atoms with E-state index in [9.17, 15) is 0 Å². The number of nitrogens with zero attached hydrogens (tertiary/aromatic N) is 2. The second kappa shape index (κ2) is 6.93. The number of benzene rings is 1. The molecule has 3 heteroatoms. The Morgan fingerprint density at radius 1 is 1.25 bits per heavy atom. The number of rotatable bonds is 5. The van der Waals surface area contributed by atoms with Crippen molar-refractivity contribution in [3.05, 3.63) is 35.4 Å². The third-order valence-electron chi connectivity index (χ3n) is 2.31. The molecule has 0 N–H and O–H groups in total. The van der Waals surface area contributed by atoms with Crippen molar-refractivity contribution < 1.29 is 0 Å². The second-order valence-corrected chi connectivity index (χ2v) is 4.96. The Hall–Kier alpha value is -1.45. The molecule has 0 aliphatic carbocycles. The van der Waals surface area contributed by atoms with Crippen LogP contribution in [0.2, 0.25) is 0 Å². The lowest BCUT2D eigenvalue weighted by Crippen LogP contribution is -1.90. The fraction of sp³-hybridized carbons (Fsp3) is 0.385. The van der Waals surface area contributed by atoms with Gasteiger partial charge in [0, 0.05) is 11.7 Å². The Labute approximate surface area is 101 Å². The van der Waals surface area contributed by atoms with Crippen LogP contribution in [-0.2, 0) is 0 Å². The van der Waals surface area contributed by atoms with Gasteiger partial charge >= 0.3 is 0 Å². The topological polar surface area (TPSA) is 47.6 Å². The molecule has 0 bridgehead atoms. The van der Waals surface area contributed by atoms with E-state index in [0.717, 1.165) is 12.2 Å². The fourth-order valence-corrected chi connectivity index (χ4v) is 2.35. The molecule has 1 atom stereocenters. The molecule has 2 nitrogen and oxygen atoms in total. The van der Waals surface area contributed by atoms with E-state index < -0.39 is 0 Å². The first-order valence-corrected chi connectivity index (χ1v) is 6.31. The molecule has 1 rings (SSSR count). The van der Waals surface area contributed by atoms with Crippen molar-refractivity contribution in [1.82, 2.24) is 0 Å². The molecule has 0 amide bonds. The van der Waals surface area contributed by atoms with Gasteiger partial charge in [-0.05, 0) is 36.8 Å². The van der Waals surface area contributed by atoms with E-state index in [1.165, 1.54) is 5.56 Å². The maximum Gasteiger partial charge on any atom is 0.0991 e. The molecule has 82 valence electrons. The average molecular weight is 230 g/mol. The summed E-state index contributed by atoms with van der Waals surface area (Å²) in [7, 11) is 0. The number of thioether (sulfide) groups is 1. The number of hydrogen-bond donors (Lipinski definition) is 0. The van der Waals surface area contributed by atoms with Crippen molar-refractivity contribution in [3.8, 4) is 12.1 Å². The van der Waals surface area contributed by atoms with Crippen LogP contribution in [-0.4, -0.2) is 5.75 Å². The lowest BCUT2D eigenvalue weighted by molar-refractivity contribution is 0.971. The predicted molar refractivity (Wildman–Crippen MR) is 66.9 cm³/mol. The van der Waals surface area contributed by atoms with Crippen LogP contribution in [0, 0.1) is 22.7 Å². The van der Waals surface area contributed by atoms with Gasteiger partial charge in [-0.15, -0.1) is 0 Å². The maximum absolute atomic E-state index is 8.68. The smallest absolute Gasteiger partial charge is 0.0991 e. The summed E-state index contributed by atoms with van der Waals surface area (Å²) in [6.07, 6.45) is 1.58. The van der Waals surface area contributed by atoms with Crippen LogP contribution < -0.4 is 0 Å². The first kappa shape index (κ1) is 12.6. The van der Waals surface area contributed by atoms with Crippen LogP contribution in [0.1, 0.15) is 36.1 Å². The van der Waals surface area contributed by atoms with Crippen LogP contribution >= 0.6 is 11.8 Å². The lowest BCUT2D eigenvalue weighted by atomic mass is 10.1. The van der Waals surface area contributed by atoms with Crippen LogP contribution in [0.4, 0.5) is 0 Å². The number of nitriles is 2. The van der Waals surface area contributed by atoms with Gasteiger partial charge in [0.05, 0.1) is 17.7 Å². The maximum atomic E-state index is 8.68. The Bertz CT molecular complexity index is 397. The standard InChI is InChI=1S/C13H14N2S/c1-11(16-9-3-2-8-14)13-6-4-12(10-15)5-7-13/h4-7,11H,2-3,9H2,1H3. The van der Waals surface area contributed by atoms with Crippen LogP contribution in [0.25, 0.3) is 0 Å². The molecule has 16 heavy (non-hydrogen) atoms. The third-order valence-corrected chi connectivity index (χ3v) is 3.61. The Morgan fingerprint density at radius 3 is 2.50 bits per heavy atom. The van der Waals surface area contributed by atoms with E-state index in [0.29, 0.717) is 17.2 Å². The molecule has 0 aliphatic rings. The molecule has 0 aromatic heterocycles. The van der Waals surface area contributed by atoms with Crippen molar-refractivity contribution in [2.45, 2.75) is 25.0 Å². The highest BCUT2D eigenvalue weighted by Gasteiger charge is 2.05. The first-order chi connectivity index (χ1) is 7.77. The average Bonchev–Trinajstić information content (AvgIpc) is 2.34. The van der Waals surface area contributed by atoms with Gasteiger partial charge in [-0.3, -0.25) is 0 Å². The number of unbranched alkanes of at least 4 members (excludes halogenated alkanes) is 1. The summed E-state index contributed by atoms with van der Waals surface area (Å²) < 4.78 is 0. The first-order valence-electron chi connectivity index (χ1n) is 5.26. The van der Waals surface area contributed by atoms with E-state index >= 15 is 0 Å². The van der Waals surface area contributed by atoms with E-state index in [4.69, 9.17) is 10.5 Å². The normalized spacial score (nSPS) is 11.4. The van der Waals surface area contributed by atoms with Gasteiger partial charge < -0.3 is 0 Å². The van der Waals surface area contributed by atoms with Crippen LogP contribution in [0.5, 0.6) is 0 Å². The quantitative estimate of drug-likeness (QED) is 0.725. The summed E-state index contributed by atoms with van der Waals surface area (Å²) in [5.74, 6) is 1.01. The van der Waals surface area contributed by atoms with E-state index in [1.807, 2.05) is 36.0 Å². The van der Waals surface area contributed by atoms with Crippen LogP contribution in [0.3, 0.4) is 0 Å². The molecule has 0 fully saturated rings. The van der Waals surface area contributed by atoms with Crippen molar-refractivity contribution in [1.29, 1.82) is 10.5 Å². The Balaban J connectivity index is 2.44. The minimum absolute atomic E-state index is 0.423. The molecular weight excluding hydrogens is 216 g/mol. The molecule has 0 saturated carbocycles. The summed E-state index contributed by atoms with van der Waals surface area (Å²) >= 11 is 1.85. The van der Waals surface area contributed by atoms with Gasteiger partial charge in [-0.25, -0.2) is 0 Å². The molecule has 1 aromatic carbocycles. The summed E-state index contributed by atoms with van der Waals surface area (Å²) in [4.78, 5) is 0. The fourth-order valence-electron chi connectivity index (χ4n) is 1.34. The molecule has 1 aromatic rings. The highest BCUT2D eigenvalue weighted by atomic mass is 32.2. The van der Waals surface area contributed by atoms with Crippen LogP contribution in [0.15, 0.2) is 24.3 Å². The van der Waals surface area contributed by atoms with E-state index in [2.05, 4.69) is 19.1 Å². The monoisotopic (exact) mass is 230 g/mol. The number of hydrogen-bond acceptors (Lipinski definition) is 3. The predicted octanol–water partition coefficient (Wildman–Crippen LogP) is 3.66. The lowest BCUT2D eigenvalue weighted by Gasteiger charge is -2.10. The SMILES string of the molecule is CC(SCCCC#N)c1ccc(C#N)cc1. The molecule has 0 radical (unpaired) electrons. The second-order valence-electron chi connectivity index (χ2n) is 3.51. The largest absolute Gasteiger partial charge is 0.198 e. The Morgan fingerprint density at radius 2 is 1.94 bits per heavy atom. The van der Waals surface area contributed by atoms with Gasteiger partial charge in [-0.2, -0.15) is 22.3 Å². The van der Waals surface area contributed by atoms with Gasteiger partial charge in [0.1, 0.15) is 0 Å². The molecule has 0 spiro atoms. The highest BCUT2D eigenvalue weighted by Crippen LogP contribution is 2.28. The minimum atomic E-state index is 0.423. The van der Waals surface area contributed by atoms with Crippen molar-refractivity contribution >= 4 is 11.8 Å². The van der Waals surface area contributed by atoms with Gasteiger partial charge in [0.25, 0.3) is 0 Å². The zero-order valence-electron chi connectivity index (χ0n) is 9.31. The summed E-state index contributed by atoms with van der Waals surface area (Å²) in [5, 5.41) is 17.5. The van der Waals surface area contributed by atoms with Gasteiger partial charge in [-0.1, -0.05) is 12.1 Å². The molecule has 0 saturated heterocycles. The summed E-state index contributed by atoms with van der Waals surface area (Å²) in [6, 6.07) is 12.0. The zero-order chi connectivity index (χ0) is 11.8. The molecular formula is C13H14N2S.